The summed E-state index contributed by atoms with van der Waals surface area (Å²) in [6, 6.07) is -0.348. The molecule has 6 rings (SSSR count). The first-order valence-electron chi connectivity index (χ1n) is 13.6. The van der Waals surface area contributed by atoms with Gasteiger partial charge >= 0.3 is 5.97 Å². The summed E-state index contributed by atoms with van der Waals surface area (Å²) in [4.78, 5) is 14.7. The molecule has 9 nitrogen and oxygen atoms in total. The second-order valence-corrected chi connectivity index (χ2v) is 12.5. The van der Waals surface area contributed by atoms with Gasteiger partial charge < -0.3 is 33.9 Å². The summed E-state index contributed by atoms with van der Waals surface area (Å²) in [6.07, 6.45) is 0.828. The van der Waals surface area contributed by atoms with Crippen LogP contribution in [-0.4, -0.2) is 111 Å². The van der Waals surface area contributed by atoms with Crippen molar-refractivity contribution in [3.8, 4) is 0 Å². The lowest BCUT2D eigenvalue weighted by Crippen LogP contribution is -2.82. The first-order valence-corrected chi connectivity index (χ1v) is 13.6. The summed E-state index contributed by atoms with van der Waals surface area (Å²) in [7, 11) is 6.77. The molecule has 0 aromatic carbocycles. The third-order valence-electron chi connectivity index (χ3n) is 11.8. The largest absolute Gasteiger partial charge is 0.462 e. The minimum absolute atomic E-state index is 0.0164. The highest BCUT2D eigenvalue weighted by Crippen LogP contribution is 2.80. The zero-order valence-electron chi connectivity index (χ0n) is 22.4. The number of hydrogen-bond donors (Lipinski definition) is 2. The molecule has 9 heteroatoms. The molecule has 1 spiro atoms. The van der Waals surface area contributed by atoms with E-state index in [-0.39, 0.29) is 47.2 Å². The first kappa shape index (κ1) is 25.5. The molecule has 1 heterocycles. The highest BCUT2D eigenvalue weighted by Gasteiger charge is 2.92. The molecule has 204 valence electrons. The SMILES string of the molecule is CCN1C[C@]2(COC)CCC(O)[C@]34C1C(O)(C(OC)[C@H]23)[C@@]1(OC)CC(OC)[C@H]2C[C@@H]4[C@@H]1C2OC(C)=O. The van der Waals surface area contributed by atoms with Crippen molar-refractivity contribution in [2.75, 3.05) is 48.1 Å². The average molecular weight is 510 g/mol. The Kier molecular flexibility index (Phi) is 5.73. The Hall–Kier alpha value is -0.810. The summed E-state index contributed by atoms with van der Waals surface area (Å²) in [6.45, 7) is 5.63. The number of ether oxygens (including phenoxy) is 5. The Morgan fingerprint density at radius 1 is 1.17 bits per heavy atom. The number of rotatable bonds is 7. The molecule has 6 fully saturated rings. The third-order valence-corrected chi connectivity index (χ3v) is 11.8. The Morgan fingerprint density at radius 2 is 1.92 bits per heavy atom. The second-order valence-electron chi connectivity index (χ2n) is 12.5. The van der Waals surface area contributed by atoms with Gasteiger partial charge in [0.05, 0.1) is 31.0 Å². The first-order chi connectivity index (χ1) is 17.2. The number of nitrogens with zero attached hydrogens (tertiary/aromatic N) is 1. The molecular weight excluding hydrogens is 466 g/mol. The number of esters is 1. The highest BCUT2D eigenvalue weighted by atomic mass is 16.6. The summed E-state index contributed by atoms with van der Waals surface area (Å²) in [5, 5.41) is 25.4. The van der Waals surface area contributed by atoms with E-state index in [2.05, 4.69) is 11.8 Å². The van der Waals surface area contributed by atoms with Crippen LogP contribution in [0.15, 0.2) is 0 Å². The van der Waals surface area contributed by atoms with Crippen molar-refractivity contribution in [1.29, 1.82) is 0 Å². The van der Waals surface area contributed by atoms with Crippen LogP contribution < -0.4 is 0 Å². The Bertz CT molecular complexity index is 918. The van der Waals surface area contributed by atoms with Crippen LogP contribution in [0.1, 0.15) is 39.5 Å². The van der Waals surface area contributed by atoms with E-state index in [1.807, 2.05) is 0 Å². The molecule has 5 saturated carbocycles. The predicted molar refractivity (Wildman–Crippen MR) is 128 cm³/mol. The van der Waals surface area contributed by atoms with E-state index in [0.717, 1.165) is 25.9 Å². The fraction of sp³-hybridized carbons (Fsp3) is 0.963. The molecular formula is C27H43NO8. The van der Waals surface area contributed by atoms with Gasteiger partial charge in [-0.25, -0.2) is 0 Å². The highest BCUT2D eigenvalue weighted by molar-refractivity contribution is 5.66. The zero-order valence-corrected chi connectivity index (χ0v) is 22.4. The molecule has 1 aliphatic heterocycles. The maximum atomic E-state index is 13.3. The van der Waals surface area contributed by atoms with Gasteiger partial charge in [-0.3, -0.25) is 9.69 Å². The van der Waals surface area contributed by atoms with Gasteiger partial charge in [0.15, 0.2) is 0 Å². The Morgan fingerprint density at radius 3 is 2.50 bits per heavy atom. The van der Waals surface area contributed by atoms with E-state index < -0.39 is 34.9 Å². The van der Waals surface area contributed by atoms with Crippen molar-refractivity contribution in [3.63, 3.8) is 0 Å². The molecule has 2 N–H and O–H groups in total. The molecule has 6 aliphatic rings. The summed E-state index contributed by atoms with van der Waals surface area (Å²) >= 11 is 0. The summed E-state index contributed by atoms with van der Waals surface area (Å²) < 4.78 is 30.8. The fourth-order valence-corrected chi connectivity index (χ4v) is 11.4. The average Bonchev–Trinajstić information content (AvgIpc) is 3.22. The molecule has 1 saturated heterocycles. The molecule has 6 unspecified atom stereocenters. The minimum atomic E-state index is -1.44. The Labute approximate surface area is 213 Å². The second kappa shape index (κ2) is 8.10. The van der Waals surface area contributed by atoms with Gasteiger partial charge in [-0.05, 0) is 31.7 Å². The van der Waals surface area contributed by atoms with Gasteiger partial charge in [0, 0.05) is 76.9 Å². The third kappa shape index (κ3) is 2.50. The number of carbonyl (C=O) groups is 1. The van der Waals surface area contributed by atoms with Crippen LogP contribution >= 0.6 is 0 Å². The maximum absolute atomic E-state index is 13.3. The van der Waals surface area contributed by atoms with Gasteiger partial charge in [-0.2, -0.15) is 0 Å². The molecule has 0 amide bonds. The number of likely N-dealkylation sites (tertiary alicyclic amines) is 1. The Balaban J connectivity index is 1.67. The van der Waals surface area contributed by atoms with E-state index in [4.69, 9.17) is 23.7 Å². The van der Waals surface area contributed by atoms with Crippen LogP contribution in [0, 0.1) is 34.5 Å². The van der Waals surface area contributed by atoms with E-state index >= 15 is 0 Å². The van der Waals surface area contributed by atoms with E-state index in [0.29, 0.717) is 19.4 Å². The number of aliphatic hydroxyl groups is 2. The van der Waals surface area contributed by atoms with Crippen LogP contribution in [0.2, 0.25) is 0 Å². The lowest BCUT2D eigenvalue weighted by atomic mass is 9.42. The molecule has 13 atom stereocenters. The molecule has 0 aromatic rings. The van der Waals surface area contributed by atoms with E-state index in [1.54, 1.807) is 28.4 Å². The topological polar surface area (TPSA) is 107 Å². The summed E-state index contributed by atoms with van der Waals surface area (Å²) in [5.41, 5.74) is -3.41. The smallest absolute Gasteiger partial charge is 0.302 e. The lowest BCUT2D eigenvalue weighted by molar-refractivity contribution is -0.324. The van der Waals surface area contributed by atoms with Crippen molar-refractivity contribution in [2.45, 2.75) is 81.2 Å². The normalized spacial score (nSPS) is 56.6. The number of fused-ring (bicyclic) bond motifs is 2. The number of methoxy groups -OCH3 is 4. The number of carbonyl (C=O) groups excluding carboxylic acids is 1. The van der Waals surface area contributed by atoms with Crippen LogP contribution in [-0.2, 0) is 28.5 Å². The fourth-order valence-electron chi connectivity index (χ4n) is 11.4. The van der Waals surface area contributed by atoms with Crippen LogP contribution in [0.4, 0.5) is 0 Å². The maximum Gasteiger partial charge on any atom is 0.302 e. The van der Waals surface area contributed by atoms with Crippen LogP contribution in [0.25, 0.3) is 0 Å². The van der Waals surface area contributed by atoms with Crippen molar-refractivity contribution in [2.24, 2.45) is 34.5 Å². The van der Waals surface area contributed by atoms with Crippen molar-refractivity contribution in [1.82, 2.24) is 4.90 Å². The lowest BCUT2D eigenvalue weighted by Gasteiger charge is -2.70. The molecule has 0 aromatic heterocycles. The predicted octanol–water partition coefficient (Wildman–Crippen LogP) is 0.842. The molecule has 5 aliphatic carbocycles. The zero-order chi connectivity index (χ0) is 25.8. The van der Waals surface area contributed by atoms with Gasteiger partial charge in [0.25, 0.3) is 0 Å². The van der Waals surface area contributed by atoms with Crippen molar-refractivity contribution >= 4 is 5.97 Å². The molecule has 36 heavy (non-hydrogen) atoms. The number of likely N-dealkylation sites (N-methyl/N-ethyl adjacent to an activating group) is 1. The quantitative estimate of drug-likeness (QED) is 0.483. The number of hydrogen-bond acceptors (Lipinski definition) is 9. The van der Waals surface area contributed by atoms with Gasteiger partial charge in [0.1, 0.15) is 17.3 Å². The van der Waals surface area contributed by atoms with Crippen LogP contribution in [0.5, 0.6) is 0 Å². The standard InChI is InChI=1S/C27H43NO8/c1-7-28-12-24(13-32-3)9-8-18(30)26-16-10-15-17(33-4)11-25(35-6,19(16)20(15)36-14(2)29)27(31,23(26)28)22(34-5)21(24)26/h15-23,30-31H,7-13H2,1-6H3/t15-,16-,17?,18?,19-,20?,21-,22?,23?,24+,25-,26+,27?/m1/s1. The van der Waals surface area contributed by atoms with Crippen molar-refractivity contribution in [3.05, 3.63) is 0 Å². The molecule has 0 radical (unpaired) electrons. The van der Waals surface area contributed by atoms with Gasteiger partial charge in [-0.15, -0.1) is 0 Å². The minimum Gasteiger partial charge on any atom is -0.462 e. The summed E-state index contributed by atoms with van der Waals surface area (Å²) in [5.74, 6) is -0.764. The van der Waals surface area contributed by atoms with E-state index in [1.165, 1.54) is 6.92 Å². The number of aliphatic hydroxyl groups excluding tert-OH is 1. The monoisotopic (exact) mass is 509 g/mol. The number of piperidine rings is 1. The van der Waals surface area contributed by atoms with Crippen molar-refractivity contribution < 1.29 is 38.7 Å². The van der Waals surface area contributed by atoms with Crippen LogP contribution in [0.3, 0.4) is 0 Å². The van der Waals surface area contributed by atoms with E-state index in [9.17, 15) is 15.0 Å². The molecule has 7 bridgehead atoms. The van der Waals surface area contributed by atoms with Gasteiger partial charge in [-0.1, -0.05) is 6.92 Å². The van der Waals surface area contributed by atoms with Gasteiger partial charge in [0.2, 0.25) is 0 Å².